The number of fused-ring (bicyclic) bond motifs is 2. The maximum absolute atomic E-state index is 11.9. The molecule has 0 saturated heterocycles. The van der Waals surface area contributed by atoms with Crippen molar-refractivity contribution in [3.05, 3.63) is 38.5 Å². The van der Waals surface area contributed by atoms with Crippen molar-refractivity contribution in [2.45, 2.75) is 6.92 Å². The zero-order valence-electron chi connectivity index (χ0n) is 11.3. The van der Waals surface area contributed by atoms with E-state index in [1.54, 1.807) is 12.1 Å². The summed E-state index contributed by atoms with van der Waals surface area (Å²) in [7, 11) is 1.36. The van der Waals surface area contributed by atoms with Gasteiger partial charge in [-0.1, -0.05) is 0 Å². The molecule has 0 saturated carbocycles. The smallest absolute Gasteiger partial charge is 0.398 e. The van der Waals surface area contributed by atoms with Crippen LogP contribution in [0.5, 0.6) is 0 Å². The van der Waals surface area contributed by atoms with Gasteiger partial charge < -0.3 is 20.3 Å². The zero-order valence-corrected chi connectivity index (χ0v) is 14.5. The Morgan fingerprint density at radius 3 is 2.55 bits per heavy atom. The van der Waals surface area contributed by atoms with Gasteiger partial charge in [-0.25, -0.2) is 4.98 Å². The summed E-state index contributed by atoms with van der Waals surface area (Å²) in [5.41, 5.74) is 7.27. The topological polar surface area (TPSA) is 105 Å². The van der Waals surface area contributed by atoms with E-state index >= 15 is 0 Å². The summed E-state index contributed by atoms with van der Waals surface area (Å²) < 4.78 is 0.910. The molecular weight excluding hydrogens is 285 g/mol. The maximum Gasteiger partial charge on any atom is 1.00 e. The summed E-state index contributed by atoms with van der Waals surface area (Å²) in [6.45, 7) is 1.84. The van der Waals surface area contributed by atoms with E-state index in [2.05, 4.69) is 15.0 Å². The van der Waals surface area contributed by atoms with Gasteiger partial charge in [0.25, 0.3) is 0 Å². The molecule has 0 aliphatic carbocycles. The molecule has 0 radical (unpaired) electrons. The molecule has 3 aromatic rings. The Kier molecular flexibility index (Phi) is 4.12. The predicted octanol–water partition coefficient (Wildman–Crippen LogP) is -3.31. The van der Waals surface area contributed by atoms with Crippen molar-refractivity contribution in [1.82, 2.24) is 19.5 Å². The number of benzene rings is 1. The van der Waals surface area contributed by atoms with Crippen molar-refractivity contribution in [2.24, 2.45) is 7.05 Å². The number of hydrogen-bond donors (Lipinski definition) is 1. The number of aryl methyl sites for hydroxylation is 1. The molecule has 0 spiro atoms. The summed E-state index contributed by atoms with van der Waals surface area (Å²) in [6.07, 6.45) is 0. The van der Waals surface area contributed by atoms with Crippen molar-refractivity contribution < 1.29 is 51.4 Å². The van der Waals surface area contributed by atoms with Crippen LogP contribution in [0, 0.1) is 6.92 Å². The summed E-state index contributed by atoms with van der Waals surface area (Å²) in [5.74, 6) is 0. The monoisotopic (exact) mass is 295 g/mol. The summed E-state index contributed by atoms with van der Waals surface area (Å²) in [6, 6.07) is 3.41. The van der Waals surface area contributed by atoms with Crippen LogP contribution in [0.2, 0.25) is 0 Å². The van der Waals surface area contributed by atoms with Crippen molar-refractivity contribution in [3.8, 4) is 0 Å². The summed E-state index contributed by atoms with van der Waals surface area (Å²) in [4.78, 5) is 35.5. The number of hydrogen-bond acceptors (Lipinski definition) is 5. The first-order chi connectivity index (χ1) is 8.97. The molecule has 2 aromatic heterocycles. The molecule has 2 N–H and O–H groups in total. The summed E-state index contributed by atoms with van der Waals surface area (Å²) >= 11 is 0. The summed E-state index contributed by atoms with van der Waals surface area (Å²) in [5, 5.41) is 0. The van der Waals surface area contributed by atoms with Crippen LogP contribution in [-0.2, 0) is 7.05 Å². The van der Waals surface area contributed by atoms with Crippen molar-refractivity contribution in [3.63, 3.8) is 0 Å². The van der Waals surface area contributed by atoms with Crippen LogP contribution in [-0.4, -0.2) is 14.5 Å². The molecule has 0 aliphatic heterocycles. The number of aromatic nitrogens is 4. The Bertz CT molecular complexity index is 944. The van der Waals surface area contributed by atoms with Gasteiger partial charge in [-0.2, -0.15) is 0 Å². The van der Waals surface area contributed by atoms with Crippen molar-refractivity contribution in [2.75, 3.05) is 5.73 Å². The molecule has 8 heteroatoms. The third-order valence-electron chi connectivity index (χ3n) is 3.03. The molecule has 7 nitrogen and oxygen atoms in total. The fourth-order valence-electron chi connectivity index (χ4n) is 1.85. The van der Waals surface area contributed by atoms with Crippen LogP contribution in [0.15, 0.2) is 21.7 Å². The first kappa shape index (κ1) is 15.3. The molecule has 20 heavy (non-hydrogen) atoms. The molecule has 0 aliphatic rings. The van der Waals surface area contributed by atoms with Crippen LogP contribution in [0.4, 0.5) is 5.69 Å². The minimum atomic E-state index is -0.647. The molecule has 96 valence electrons. The second-order valence-electron chi connectivity index (χ2n) is 4.35. The maximum atomic E-state index is 11.9. The van der Waals surface area contributed by atoms with E-state index in [4.69, 9.17) is 5.73 Å². The van der Waals surface area contributed by atoms with Gasteiger partial charge in [0.05, 0.1) is 5.52 Å². The first-order valence-corrected chi connectivity index (χ1v) is 5.59. The van der Waals surface area contributed by atoms with Gasteiger partial charge in [-0.05, 0) is 31.7 Å². The Hall–Kier alpha value is -1.06. The molecule has 2 heterocycles. The number of nitrogens with two attached hydrogens (primary N) is 1. The average Bonchev–Trinajstić information content (AvgIpc) is 2.37. The van der Waals surface area contributed by atoms with E-state index in [1.165, 1.54) is 7.05 Å². The number of nitrogen functional groups attached to an aromatic ring is 1. The molecule has 1 aromatic carbocycles. The van der Waals surface area contributed by atoms with Gasteiger partial charge >= 0.3 is 51.4 Å². The second kappa shape index (κ2) is 5.38. The van der Waals surface area contributed by atoms with Crippen LogP contribution < -0.4 is 73.4 Å². The fourth-order valence-corrected chi connectivity index (χ4v) is 1.85. The van der Waals surface area contributed by atoms with Crippen molar-refractivity contribution in [1.29, 1.82) is 0 Å². The quantitative estimate of drug-likeness (QED) is 0.264. The van der Waals surface area contributed by atoms with Crippen LogP contribution >= 0.6 is 0 Å². The second-order valence-corrected chi connectivity index (χ2v) is 4.35. The molecule has 0 amide bonds. The van der Waals surface area contributed by atoms with E-state index in [0.717, 1.165) is 10.1 Å². The molecule has 3 rings (SSSR count). The van der Waals surface area contributed by atoms with Crippen molar-refractivity contribution >= 4 is 27.9 Å². The standard InChI is InChI=1S/C12H11N5O2.K/c1-5-3-7-8(4-6(5)13)15-10-9(14-7)11(18)17(2)12(19)16-10;/h3-4H,1-2H3,(H3,13,15,16,18,19);/q;+1/p-1. The fraction of sp³-hybridized carbons (Fsp3) is 0.167. The van der Waals surface area contributed by atoms with E-state index in [9.17, 15) is 9.59 Å². The Morgan fingerprint density at radius 1 is 1.20 bits per heavy atom. The molecule has 0 atom stereocenters. The van der Waals surface area contributed by atoms with Crippen LogP contribution in [0.1, 0.15) is 5.56 Å². The molecule has 0 fully saturated rings. The minimum Gasteiger partial charge on any atom is -0.398 e. The van der Waals surface area contributed by atoms with Gasteiger partial charge in [0.1, 0.15) is 5.52 Å². The van der Waals surface area contributed by atoms with E-state index in [-0.39, 0.29) is 62.5 Å². The van der Waals surface area contributed by atoms with Gasteiger partial charge in [0.15, 0.2) is 0 Å². The van der Waals surface area contributed by atoms with E-state index < -0.39 is 11.2 Å². The predicted molar refractivity (Wildman–Crippen MR) is 71.0 cm³/mol. The van der Waals surface area contributed by atoms with E-state index in [1.807, 2.05) is 6.92 Å². The third-order valence-corrected chi connectivity index (χ3v) is 3.03. The number of rotatable bonds is 0. The Labute approximate surface area is 155 Å². The molecule has 0 unspecified atom stereocenters. The Morgan fingerprint density at radius 2 is 1.85 bits per heavy atom. The van der Waals surface area contributed by atoms with E-state index in [0.29, 0.717) is 16.7 Å². The van der Waals surface area contributed by atoms with Gasteiger partial charge in [0.2, 0.25) is 11.2 Å². The third kappa shape index (κ3) is 2.33. The number of anilines is 1. The Balaban J connectivity index is 0.00000147. The number of nitrogens with zero attached hydrogens (tertiary/aromatic N) is 4. The minimum absolute atomic E-state index is 0. The van der Waals surface area contributed by atoms with Gasteiger partial charge in [-0.3, -0.25) is 9.59 Å². The zero-order chi connectivity index (χ0) is 13.7. The molecule has 0 bridgehead atoms. The van der Waals surface area contributed by atoms with Crippen LogP contribution in [0.25, 0.3) is 22.2 Å². The normalized spacial score (nSPS) is 10.7. The van der Waals surface area contributed by atoms with Gasteiger partial charge in [-0.15, -0.1) is 0 Å². The largest absolute Gasteiger partial charge is 1.00 e. The van der Waals surface area contributed by atoms with Gasteiger partial charge in [0, 0.05) is 16.9 Å². The average molecular weight is 295 g/mol. The SMILES string of the molecule is Cc1cc2nc3c(=O)n(C)c(=O)[n-]c3nc2cc1N.[K+]. The molecular formula is C12H10KN5O2. The first-order valence-electron chi connectivity index (χ1n) is 5.59. The van der Waals surface area contributed by atoms with Crippen LogP contribution in [0.3, 0.4) is 0 Å².